The number of rotatable bonds is 4. The van der Waals surface area contributed by atoms with E-state index in [1.54, 1.807) is 6.20 Å². The highest BCUT2D eigenvalue weighted by Crippen LogP contribution is 2.28. The zero-order valence-corrected chi connectivity index (χ0v) is 15.7. The van der Waals surface area contributed by atoms with Gasteiger partial charge in [-0.1, -0.05) is 18.2 Å². The number of piperidine rings is 1. The number of hydrogen-bond acceptors (Lipinski definition) is 4. The van der Waals surface area contributed by atoms with E-state index in [1.165, 1.54) is 4.31 Å². The van der Waals surface area contributed by atoms with E-state index < -0.39 is 26.6 Å². The molecule has 0 N–H and O–H groups in total. The fraction of sp³-hybridized carbons (Fsp3) is 0.250. The Morgan fingerprint density at radius 1 is 1.04 bits per heavy atom. The minimum atomic E-state index is -4.10. The molecule has 2 aromatic carbocycles. The third-order valence-corrected chi connectivity index (χ3v) is 6.72. The van der Waals surface area contributed by atoms with Crippen LogP contribution >= 0.6 is 0 Å². The maximum atomic E-state index is 13.9. The van der Waals surface area contributed by atoms with E-state index in [1.807, 2.05) is 30.3 Å². The summed E-state index contributed by atoms with van der Waals surface area (Å²) < 4.78 is 59.9. The Labute approximate surface area is 161 Å². The molecule has 1 saturated heterocycles. The normalized spacial score (nSPS) is 16.4. The van der Waals surface area contributed by atoms with Gasteiger partial charge in [-0.2, -0.15) is 4.31 Å². The van der Waals surface area contributed by atoms with Gasteiger partial charge in [-0.05, 0) is 43.2 Å². The molecule has 0 bridgehead atoms. The van der Waals surface area contributed by atoms with Crippen molar-refractivity contribution < 1.29 is 21.9 Å². The number of nitrogens with zero attached hydrogens (tertiary/aromatic N) is 2. The number of sulfonamides is 1. The summed E-state index contributed by atoms with van der Waals surface area (Å²) in [7, 11) is -4.10. The van der Waals surface area contributed by atoms with E-state index in [0.29, 0.717) is 18.6 Å². The Morgan fingerprint density at radius 3 is 2.57 bits per heavy atom. The van der Waals surface area contributed by atoms with Crippen molar-refractivity contribution >= 4 is 20.9 Å². The van der Waals surface area contributed by atoms with Crippen molar-refractivity contribution in [3.05, 3.63) is 66.4 Å². The lowest BCUT2D eigenvalue weighted by Crippen LogP contribution is -2.42. The standard InChI is InChI=1S/C20H18F2N2O3S/c21-15-6-7-17(22)19(13-15)28(25,26)24-11-8-16(9-12-24)27-18-5-1-3-14-4-2-10-23-20(14)18/h1-7,10,13,16H,8-9,11-12H2. The van der Waals surface area contributed by atoms with Gasteiger partial charge in [-0.3, -0.25) is 4.98 Å². The van der Waals surface area contributed by atoms with Gasteiger partial charge in [0.25, 0.3) is 0 Å². The Balaban J connectivity index is 1.48. The summed E-state index contributed by atoms with van der Waals surface area (Å²) in [5.41, 5.74) is 0.752. The fourth-order valence-corrected chi connectivity index (χ4v) is 4.90. The molecule has 0 atom stereocenters. The average Bonchev–Trinajstić information content (AvgIpc) is 2.70. The number of ether oxygens (including phenoxy) is 1. The number of para-hydroxylation sites is 1. The highest BCUT2D eigenvalue weighted by atomic mass is 32.2. The van der Waals surface area contributed by atoms with Gasteiger partial charge in [0.05, 0.1) is 0 Å². The summed E-state index contributed by atoms with van der Waals surface area (Å²) in [6, 6.07) is 11.9. The van der Waals surface area contributed by atoms with Crippen LogP contribution in [-0.4, -0.2) is 36.9 Å². The zero-order chi connectivity index (χ0) is 19.7. The Kier molecular flexibility index (Phi) is 4.99. The number of halogens is 2. The smallest absolute Gasteiger partial charge is 0.246 e. The lowest BCUT2D eigenvalue weighted by Gasteiger charge is -2.31. The third kappa shape index (κ3) is 3.57. The maximum Gasteiger partial charge on any atom is 0.246 e. The van der Waals surface area contributed by atoms with E-state index in [9.17, 15) is 17.2 Å². The Hall–Kier alpha value is -2.58. The second kappa shape index (κ2) is 7.44. The molecule has 0 saturated carbocycles. The van der Waals surface area contributed by atoms with Crippen LogP contribution in [0.25, 0.3) is 10.9 Å². The first-order chi connectivity index (χ1) is 13.4. The molecule has 0 unspecified atom stereocenters. The SMILES string of the molecule is O=S(=O)(c1cc(F)ccc1F)N1CCC(Oc2cccc3cccnc23)CC1. The van der Waals surface area contributed by atoms with Gasteiger partial charge in [0.1, 0.15) is 33.9 Å². The van der Waals surface area contributed by atoms with E-state index in [0.717, 1.165) is 29.1 Å². The fourth-order valence-electron chi connectivity index (χ4n) is 3.36. The topological polar surface area (TPSA) is 59.5 Å². The first kappa shape index (κ1) is 18.8. The molecule has 146 valence electrons. The highest BCUT2D eigenvalue weighted by Gasteiger charge is 2.32. The van der Waals surface area contributed by atoms with Gasteiger partial charge in [0, 0.05) is 24.7 Å². The largest absolute Gasteiger partial charge is 0.488 e. The summed E-state index contributed by atoms with van der Waals surface area (Å²) in [5.74, 6) is -1.10. The molecule has 1 aliphatic rings. The van der Waals surface area contributed by atoms with Gasteiger partial charge in [0.2, 0.25) is 10.0 Å². The van der Waals surface area contributed by atoms with Crippen molar-refractivity contribution in [3.63, 3.8) is 0 Å². The number of hydrogen-bond donors (Lipinski definition) is 0. The van der Waals surface area contributed by atoms with E-state index >= 15 is 0 Å². The first-order valence-corrected chi connectivity index (χ1v) is 10.3. The number of pyridine rings is 1. The Morgan fingerprint density at radius 2 is 1.79 bits per heavy atom. The minimum Gasteiger partial charge on any atom is -0.488 e. The average molecular weight is 404 g/mol. The summed E-state index contributed by atoms with van der Waals surface area (Å²) in [6.45, 7) is 0.336. The predicted octanol–water partition coefficient (Wildman–Crippen LogP) is 3.75. The summed E-state index contributed by atoms with van der Waals surface area (Å²) in [4.78, 5) is 3.72. The number of benzene rings is 2. The lowest BCUT2D eigenvalue weighted by molar-refractivity contribution is 0.136. The van der Waals surface area contributed by atoms with Crippen molar-refractivity contribution in [1.82, 2.24) is 9.29 Å². The molecular weight excluding hydrogens is 386 g/mol. The summed E-state index contributed by atoms with van der Waals surface area (Å²) >= 11 is 0. The molecule has 28 heavy (non-hydrogen) atoms. The quantitative estimate of drug-likeness (QED) is 0.665. The van der Waals surface area contributed by atoms with Crippen molar-refractivity contribution in [3.8, 4) is 5.75 Å². The minimum absolute atomic E-state index is 0.168. The van der Waals surface area contributed by atoms with Crippen LogP contribution in [0.3, 0.4) is 0 Å². The van der Waals surface area contributed by atoms with Crippen molar-refractivity contribution in [2.75, 3.05) is 13.1 Å². The Bertz CT molecular complexity index is 1110. The van der Waals surface area contributed by atoms with Crippen LogP contribution in [0.4, 0.5) is 8.78 Å². The van der Waals surface area contributed by atoms with Crippen LogP contribution in [0, 0.1) is 11.6 Å². The van der Waals surface area contributed by atoms with E-state index in [-0.39, 0.29) is 19.2 Å². The molecule has 2 heterocycles. The summed E-state index contributed by atoms with van der Waals surface area (Å²) in [5, 5.41) is 0.960. The van der Waals surface area contributed by atoms with Gasteiger partial charge in [0.15, 0.2) is 0 Å². The second-order valence-electron chi connectivity index (χ2n) is 6.63. The molecule has 0 radical (unpaired) electrons. The zero-order valence-electron chi connectivity index (χ0n) is 14.9. The van der Waals surface area contributed by atoms with E-state index in [2.05, 4.69) is 4.98 Å². The monoisotopic (exact) mass is 404 g/mol. The molecule has 1 aliphatic heterocycles. The lowest BCUT2D eigenvalue weighted by atomic mass is 10.1. The third-order valence-electron chi connectivity index (χ3n) is 4.80. The van der Waals surface area contributed by atoms with Crippen molar-refractivity contribution in [2.45, 2.75) is 23.8 Å². The maximum absolute atomic E-state index is 13.9. The molecule has 8 heteroatoms. The first-order valence-electron chi connectivity index (χ1n) is 8.91. The van der Waals surface area contributed by atoms with Crippen LogP contribution < -0.4 is 4.74 Å². The highest BCUT2D eigenvalue weighted by molar-refractivity contribution is 7.89. The van der Waals surface area contributed by atoms with Gasteiger partial charge in [-0.25, -0.2) is 17.2 Å². The molecule has 3 aromatic rings. The van der Waals surface area contributed by atoms with Crippen LogP contribution in [0.2, 0.25) is 0 Å². The van der Waals surface area contributed by atoms with Gasteiger partial charge < -0.3 is 4.74 Å². The van der Waals surface area contributed by atoms with Crippen LogP contribution in [0.1, 0.15) is 12.8 Å². The van der Waals surface area contributed by atoms with Gasteiger partial charge in [-0.15, -0.1) is 0 Å². The van der Waals surface area contributed by atoms with Gasteiger partial charge >= 0.3 is 0 Å². The second-order valence-corrected chi connectivity index (χ2v) is 8.53. The van der Waals surface area contributed by atoms with E-state index in [4.69, 9.17) is 4.74 Å². The molecule has 1 fully saturated rings. The van der Waals surface area contributed by atoms with Crippen LogP contribution in [-0.2, 0) is 10.0 Å². The molecule has 4 rings (SSSR count). The number of fused-ring (bicyclic) bond motifs is 1. The van der Waals surface area contributed by atoms with Crippen molar-refractivity contribution in [2.24, 2.45) is 0 Å². The molecule has 5 nitrogen and oxygen atoms in total. The molecular formula is C20H18F2N2O3S. The van der Waals surface area contributed by atoms with Crippen LogP contribution in [0.5, 0.6) is 5.75 Å². The predicted molar refractivity (Wildman–Crippen MR) is 101 cm³/mol. The van der Waals surface area contributed by atoms with Crippen molar-refractivity contribution in [1.29, 1.82) is 0 Å². The number of aromatic nitrogens is 1. The molecule has 0 spiro atoms. The van der Waals surface area contributed by atoms with Crippen LogP contribution in [0.15, 0.2) is 59.6 Å². The summed E-state index contributed by atoms with van der Waals surface area (Å²) in [6.07, 6.45) is 2.40. The molecule has 0 aliphatic carbocycles. The molecule has 1 aromatic heterocycles. The molecule has 0 amide bonds.